The summed E-state index contributed by atoms with van der Waals surface area (Å²) in [6, 6.07) is 10.6. The van der Waals surface area contributed by atoms with E-state index < -0.39 is 10.0 Å². The average Bonchev–Trinajstić information content (AvgIpc) is 3.55. The Morgan fingerprint density at radius 3 is 2.47 bits per heavy atom. The highest BCUT2D eigenvalue weighted by atomic mass is 32.2. The zero-order chi connectivity index (χ0) is 22.3. The van der Waals surface area contributed by atoms with E-state index >= 15 is 0 Å². The van der Waals surface area contributed by atoms with Gasteiger partial charge < -0.3 is 9.80 Å². The second kappa shape index (κ2) is 8.14. The molecule has 5 rings (SSSR count). The van der Waals surface area contributed by atoms with Gasteiger partial charge in [0.2, 0.25) is 15.9 Å². The Kier molecular flexibility index (Phi) is 5.30. The highest BCUT2D eigenvalue weighted by molar-refractivity contribution is 7.89. The molecule has 0 spiro atoms. The number of benzene rings is 1. The summed E-state index contributed by atoms with van der Waals surface area (Å²) in [6.45, 7) is 2.60. The predicted molar refractivity (Wildman–Crippen MR) is 118 cm³/mol. The highest BCUT2D eigenvalue weighted by Gasteiger charge is 2.35. The average molecular weight is 456 g/mol. The van der Waals surface area contributed by atoms with Gasteiger partial charge in [-0.3, -0.25) is 4.79 Å². The van der Waals surface area contributed by atoms with Crippen LogP contribution in [0, 0.1) is 0 Å². The van der Waals surface area contributed by atoms with E-state index in [0.29, 0.717) is 31.8 Å². The molecule has 3 heterocycles. The fraction of sp³-hybridized carbons (Fsp3) is 0.429. The van der Waals surface area contributed by atoms with Gasteiger partial charge >= 0.3 is 0 Å². The third-order valence-corrected chi connectivity index (χ3v) is 8.05. The van der Waals surface area contributed by atoms with Crippen LogP contribution in [-0.4, -0.2) is 82.6 Å². The molecule has 0 unspecified atom stereocenters. The molecule has 2 fully saturated rings. The Morgan fingerprint density at radius 1 is 1.06 bits per heavy atom. The Bertz CT molecular complexity index is 1230. The number of amides is 1. The summed E-state index contributed by atoms with van der Waals surface area (Å²) in [6.07, 6.45) is 3.66. The molecule has 0 atom stereocenters. The van der Waals surface area contributed by atoms with Crippen molar-refractivity contribution >= 4 is 27.4 Å². The Hall–Kier alpha value is -3.05. The lowest BCUT2D eigenvalue weighted by Crippen LogP contribution is -2.49. The SMILES string of the molecule is CN(C1CC1)S(=O)(=O)c1ccc(CC(=O)N2CCN(c3ccc4nncn4n3)CC2)cc1. The minimum Gasteiger partial charge on any atom is -0.352 e. The Balaban J connectivity index is 1.18. The molecule has 2 aliphatic rings. The quantitative estimate of drug-likeness (QED) is 0.541. The zero-order valence-electron chi connectivity index (χ0n) is 17.8. The number of piperazine rings is 1. The molecule has 168 valence electrons. The minimum atomic E-state index is -3.47. The highest BCUT2D eigenvalue weighted by Crippen LogP contribution is 2.30. The number of carbonyl (C=O) groups excluding carboxylic acids is 1. The van der Waals surface area contributed by atoms with E-state index in [0.717, 1.165) is 24.2 Å². The molecule has 1 amide bonds. The molecule has 0 N–H and O–H groups in total. The van der Waals surface area contributed by atoms with Crippen LogP contribution in [0.2, 0.25) is 0 Å². The number of hydrogen-bond acceptors (Lipinski definition) is 7. The lowest BCUT2D eigenvalue weighted by molar-refractivity contribution is -0.130. The molecule has 1 saturated heterocycles. The van der Waals surface area contributed by atoms with Crippen LogP contribution in [0.25, 0.3) is 5.65 Å². The predicted octanol–water partition coefficient (Wildman–Crippen LogP) is 0.798. The smallest absolute Gasteiger partial charge is 0.243 e. The molecular formula is C21H25N7O3S. The van der Waals surface area contributed by atoms with Crippen molar-refractivity contribution in [2.24, 2.45) is 0 Å². The monoisotopic (exact) mass is 455 g/mol. The van der Waals surface area contributed by atoms with Crippen LogP contribution >= 0.6 is 0 Å². The maximum absolute atomic E-state index is 12.8. The van der Waals surface area contributed by atoms with Crippen LogP contribution < -0.4 is 4.90 Å². The number of sulfonamides is 1. The van der Waals surface area contributed by atoms with E-state index in [9.17, 15) is 13.2 Å². The second-order valence-corrected chi connectivity index (χ2v) is 10.3. The molecule has 3 aromatic rings. The molecule has 32 heavy (non-hydrogen) atoms. The van der Waals surface area contributed by atoms with E-state index in [1.165, 1.54) is 4.31 Å². The van der Waals surface area contributed by atoms with Gasteiger partial charge in [-0.1, -0.05) is 12.1 Å². The first-order chi connectivity index (χ1) is 15.4. The Labute approximate surface area is 186 Å². The van der Waals surface area contributed by atoms with Crippen LogP contribution in [0.5, 0.6) is 0 Å². The van der Waals surface area contributed by atoms with E-state index in [1.54, 1.807) is 42.2 Å². The largest absolute Gasteiger partial charge is 0.352 e. The van der Waals surface area contributed by atoms with Gasteiger partial charge in [0.25, 0.3) is 0 Å². The topological polar surface area (TPSA) is 104 Å². The first-order valence-electron chi connectivity index (χ1n) is 10.7. The standard InChI is InChI=1S/C21H25N7O3S/c1-25(17-4-5-17)32(30,31)18-6-2-16(3-7-18)14-21(29)27-12-10-26(11-13-27)20-9-8-19-23-22-15-28(19)24-20/h2-3,6-9,15,17H,4-5,10-14H2,1H3. The van der Waals surface area contributed by atoms with E-state index in [2.05, 4.69) is 20.2 Å². The first-order valence-corrected chi connectivity index (χ1v) is 12.1. The Morgan fingerprint density at radius 2 is 1.78 bits per heavy atom. The molecule has 2 aromatic heterocycles. The lowest BCUT2D eigenvalue weighted by atomic mass is 10.1. The summed E-state index contributed by atoms with van der Waals surface area (Å²) in [5.41, 5.74) is 1.51. The fourth-order valence-corrected chi connectivity index (χ4v) is 5.35. The van der Waals surface area contributed by atoms with Crippen LogP contribution in [0.4, 0.5) is 5.82 Å². The van der Waals surface area contributed by atoms with E-state index in [4.69, 9.17) is 0 Å². The van der Waals surface area contributed by atoms with Crippen molar-refractivity contribution in [3.8, 4) is 0 Å². The number of nitrogens with zero attached hydrogens (tertiary/aromatic N) is 7. The van der Waals surface area contributed by atoms with Gasteiger partial charge in [0.05, 0.1) is 11.3 Å². The normalized spacial score (nSPS) is 17.3. The van der Waals surface area contributed by atoms with Crippen molar-refractivity contribution in [3.05, 3.63) is 48.3 Å². The number of fused-ring (bicyclic) bond motifs is 1. The molecule has 1 aliphatic carbocycles. The third kappa shape index (κ3) is 4.05. The molecule has 1 aliphatic heterocycles. The molecule has 1 saturated carbocycles. The molecule has 1 aromatic carbocycles. The van der Waals surface area contributed by atoms with Gasteiger partial charge in [0.15, 0.2) is 5.65 Å². The van der Waals surface area contributed by atoms with Crippen LogP contribution in [0.1, 0.15) is 18.4 Å². The van der Waals surface area contributed by atoms with Crippen LogP contribution in [0.3, 0.4) is 0 Å². The minimum absolute atomic E-state index is 0.0394. The van der Waals surface area contributed by atoms with Gasteiger partial charge in [-0.25, -0.2) is 8.42 Å². The summed E-state index contributed by atoms with van der Waals surface area (Å²) in [5, 5.41) is 12.3. The zero-order valence-corrected chi connectivity index (χ0v) is 18.6. The molecular weight excluding hydrogens is 430 g/mol. The van der Waals surface area contributed by atoms with Crippen molar-refractivity contribution in [2.45, 2.75) is 30.2 Å². The number of anilines is 1. The van der Waals surface area contributed by atoms with Gasteiger partial charge in [-0.05, 0) is 42.7 Å². The van der Waals surface area contributed by atoms with Crippen molar-refractivity contribution < 1.29 is 13.2 Å². The van der Waals surface area contributed by atoms with Crippen LogP contribution in [-0.2, 0) is 21.2 Å². The van der Waals surface area contributed by atoms with E-state index in [-0.39, 0.29) is 23.3 Å². The fourth-order valence-electron chi connectivity index (χ4n) is 3.94. The van der Waals surface area contributed by atoms with Crippen molar-refractivity contribution in [1.82, 2.24) is 29.0 Å². The van der Waals surface area contributed by atoms with Crippen LogP contribution in [0.15, 0.2) is 47.6 Å². The van der Waals surface area contributed by atoms with Crippen molar-refractivity contribution in [2.75, 3.05) is 38.1 Å². The number of aromatic nitrogens is 4. The number of rotatable bonds is 6. The molecule has 10 nitrogen and oxygen atoms in total. The summed E-state index contributed by atoms with van der Waals surface area (Å²) in [7, 11) is -1.84. The molecule has 11 heteroatoms. The molecule has 0 bridgehead atoms. The summed E-state index contributed by atoms with van der Waals surface area (Å²) in [5.74, 6) is 0.870. The number of hydrogen-bond donors (Lipinski definition) is 0. The van der Waals surface area contributed by atoms with Gasteiger partial charge in [-0.15, -0.1) is 15.3 Å². The maximum atomic E-state index is 12.8. The summed E-state index contributed by atoms with van der Waals surface area (Å²) < 4.78 is 28.3. The van der Waals surface area contributed by atoms with Gasteiger partial charge in [0.1, 0.15) is 12.1 Å². The van der Waals surface area contributed by atoms with Crippen molar-refractivity contribution in [1.29, 1.82) is 0 Å². The summed E-state index contributed by atoms with van der Waals surface area (Å²) in [4.78, 5) is 17.0. The summed E-state index contributed by atoms with van der Waals surface area (Å²) >= 11 is 0. The lowest BCUT2D eigenvalue weighted by Gasteiger charge is -2.35. The first kappa shape index (κ1) is 20.8. The maximum Gasteiger partial charge on any atom is 0.243 e. The van der Waals surface area contributed by atoms with E-state index in [1.807, 2.05) is 17.0 Å². The number of carbonyl (C=O) groups is 1. The van der Waals surface area contributed by atoms with Gasteiger partial charge in [0, 0.05) is 39.3 Å². The van der Waals surface area contributed by atoms with Crippen molar-refractivity contribution in [3.63, 3.8) is 0 Å². The third-order valence-electron chi connectivity index (χ3n) is 6.12. The molecule has 0 radical (unpaired) electrons. The van der Waals surface area contributed by atoms with Gasteiger partial charge in [-0.2, -0.15) is 8.82 Å². The second-order valence-electron chi connectivity index (χ2n) is 8.27.